The summed E-state index contributed by atoms with van der Waals surface area (Å²) in [5.74, 6) is -0.215. The Bertz CT molecular complexity index is 681. The maximum Gasteiger partial charge on any atom is 0.130 e. The highest BCUT2D eigenvalue weighted by Crippen LogP contribution is 2.29. The molecule has 132 valence electrons. The Kier molecular flexibility index (Phi) is 7.37. The van der Waals surface area contributed by atoms with Gasteiger partial charge in [0.25, 0.3) is 0 Å². The molecule has 0 aliphatic rings. The van der Waals surface area contributed by atoms with Crippen molar-refractivity contribution in [2.24, 2.45) is 0 Å². The summed E-state index contributed by atoms with van der Waals surface area (Å²) in [5, 5.41) is 3.95. The Morgan fingerprint density at radius 3 is 2.29 bits per heavy atom. The second kappa shape index (κ2) is 8.59. The van der Waals surface area contributed by atoms with Crippen LogP contribution in [-0.4, -0.2) is 11.0 Å². The van der Waals surface area contributed by atoms with Crippen LogP contribution in [0.5, 0.6) is 0 Å². The SMILES string of the molecule is CC.Cc1cc(-c2cc(C(C)(C)NC(C)C)cc(Cl)n2)ccc1F. The van der Waals surface area contributed by atoms with E-state index >= 15 is 0 Å². The van der Waals surface area contributed by atoms with Gasteiger partial charge in [-0.3, -0.25) is 0 Å². The number of benzene rings is 1. The molecule has 1 heterocycles. The lowest BCUT2D eigenvalue weighted by Crippen LogP contribution is -2.41. The van der Waals surface area contributed by atoms with Crippen LogP contribution < -0.4 is 5.32 Å². The molecule has 1 aromatic heterocycles. The van der Waals surface area contributed by atoms with Crippen LogP contribution in [0.15, 0.2) is 30.3 Å². The van der Waals surface area contributed by atoms with E-state index in [0.29, 0.717) is 16.8 Å². The largest absolute Gasteiger partial charge is 0.306 e. The molecule has 0 spiro atoms. The van der Waals surface area contributed by atoms with Crippen LogP contribution in [0.2, 0.25) is 5.15 Å². The molecule has 4 heteroatoms. The summed E-state index contributed by atoms with van der Waals surface area (Å²) in [5.41, 5.74) is 3.04. The molecule has 0 radical (unpaired) electrons. The number of aryl methyl sites for hydroxylation is 1. The first-order chi connectivity index (χ1) is 11.2. The van der Waals surface area contributed by atoms with Gasteiger partial charge >= 0.3 is 0 Å². The van der Waals surface area contributed by atoms with Crippen LogP contribution in [0, 0.1) is 12.7 Å². The zero-order valence-electron chi connectivity index (χ0n) is 15.7. The number of pyridine rings is 1. The maximum absolute atomic E-state index is 13.4. The van der Waals surface area contributed by atoms with Crippen molar-refractivity contribution in [3.8, 4) is 11.3 Å². The third-order valence-electron chi connectivity index (χ3n) is 3.62. The average Bonchev–Trinajstić information content (AvgIpc) is 2.50. The maximum atomic E-state index is 13.4. The first kappa shape index (κ1) is 20.6. The van der Waals surface area contributed by atoms with Gasteiger partial charge in [0.05, 0.1) is 5.69 Å². The van der Waals surface area contributed by atoms with E-state index in [4.69, 9.17) is 11.6 Å². The minimum absolute atomic E-state index is 0.215. The van der Waals surface area contributed by atoms with Crippen LogP contribution in [0.1, 0.15) is 52.7 Å². The molecule has 0 bridgehead atoms. The first-order valence-corrected chi connectivity index (χ1v) is 8.79. The summed E-state index contributed by atoms with van der Waals surface area (Å²) in [4.78, 5) is 4.38. The number of hydrogen-bond acceptors (Lipinski definition) is 2. The number of rotatable bonds is 4. The van der Waals surface area contributed by atoms with Gasteiger partial charge in [-0.2, -0.15) is 0 Å². The van der Waals surface area contributed by atoms with Gasteiger partial charge in [-0.1, -0.05) is 39.3 Å². The van der Waals surface area contributed by atoms with E-state index in [-0.39, 0.29) is 11.4 Å². The monoisotopic (exact) mass is 350 g/mol. The summed E-state index contributed by atoms with van der Waals surface area (Å²) in [6.45, 7) is 14.2. The van der Waals surface area contributed by atoms with Crippen molar-refractivity contribution >= 4 is 11.6 Å². The smallest absolute Gasteiger partial charge is 0.130 e. The highest BCUT2D eigenvalue weighted by molar-refractivity contribution is 6.29. The van der Waals surface area contributed by atoms with Gasteiger partial charge < -0.3 is 5.32 Å². The summed E-state index contributed by atoms with van der Waals surface area (Å²) >= 11 is 6.20. The summed E-state index contributed by atoms with van der Waals surface area (Å²) in [7, 11) is 0. The van der Waals surface area contributed by atoms with Gasteiger partial charge in [0.15, 0.2) is 0 Å². The minimum Gasteiger partial charge on any atom is -0.306 e. The van der Waals surface area contributed by atoms with Crippen LogP contribution in [-0.2, 0) is 5.54 Å². The normalized spacial score (nSPS) is 11.2. The predicted molar refractivity (Wildman–Crippen MR) is 102 cm³/mol. The third-order valence-corrected chi connectivity index (χ3v) is 3.81. The number of aromatic nitrogens is 1. The Balaban J connectivity index is 0.00000139. The highest BCUT2D eigenvalue weighted by atomic mass is 35.5. The van der Waals surface area contributed by atoms with Crippen molar-refractivity contribution in [2.75, 3.05) is 0 Å². The number of nitrogens with zero attached hydrogens (tertiary/aromatic N) is 1. The highest BCUT2D eigenvalue weighted by Gasteiger charge is 2.22. The molecule has 24 heavy (non-hydrogen) atoms. The van der Waals surface area contributed by atoms with Crippen molar-refractivity contribution in [1.29, 1.82) is 0 Å². The number of halogens is 2. The Morgan fingerprint density at radius 2 is 1.75 bits per heavy atom. The molecule has 1 aromatic carbocycles. The summed E-state index contributed by atoms with van der Waals surface area (Å²) in [6, 6.07) is 9.21. The van der Waals surface area contributed by atoms with Crippen molar-refractivity contribution in [3.05, 3.63) is 52.4 Å². The standard InChI is InChI=1S/C18H22ClFN2.C2H6/c1-11(2)22-18(4,5)14-9-16(21-17(19)10-14)13-6-7-15(20)12(3)8-13;1-2/h6-11,22H,1-5H3;1-2H3. The van der Waals surface area contributed by atoms with Crippen molar-refractivity contribution < 1.29 is 4.39 Å². The van der Waals surface area contributed by atoms with E-state index in [1.165, 1.54) is 6.07 Å². The van der Waals surface area contributed by atoms with E-state index in [2.05, 4.69) is 38.0 Å². The van der Waals surface area contributed by atoms with Gasteiger partial charge in [-0.05, 0) is 62.2 Å². The fraction of sp³-hybridized carbons (Fsp3) is 0.450. The third kappa shape index (κ3) is 5.29. The molecule has 2 aromatic rings. The molecule has 2 nitrogen and oxygen atoms in total. The van der Waals surface area contributed by atoms with Crippen LogP contribution >= 0.6 is 11.6 Å². The van der Waals surface area contributed by atoms with Gasteiger partial charge in [0.1, 0.15) is 11.0 Å². The number of hydrogen-bond donors (Lipinski definition) is 1. The number of nitrogens with one attached hydrogen (secondary N) is 1. The molecule has 0 fully saturated rings. The lowest BCUT2D eigenvalue weighted by Gasteiger charge is -2.30. The van der Waals surface area contributed by atoms with Crippen LogP contribution in [0.3, 0.4) is 0 Å². The van der Waals surface area contributed by atoms with Gasteiger partial charge in [-0.25, -0.2) is 9.37 Å². The molecule has 0 saturated heterocycles. The molecule has 0 amide bonds. The zero-order valence-corrected chi connectivity index (χ0v) is 16.4. The predicted octanol–water partition coefficient (Wildman–Crippen LogP) is 6.11. The Hall–Kier alpha value is -1.45. The summed E-state index contributed by atoms with van der Waals surface area (Å²) in [6.07, 6.45) is 0. The average molecular weight is 351 g/mol. The molecular weight excluding hydrogens is 323 g/mol. The van der Waals surface area contributed by atoms with E-state index in [0.717, 1.165) is 16.8 Å². The van der Waals surface area contributed by atoms with Crippen LogP contribution in [0.4, 0.5) is 4.39 Å². The minimum atomic E-state index is -0.232. The first-order valence-electron chi connectivity index (χ1n) is 8.41. The van der Waals surface area contributed by atoms with Gasteiger partial charge in [0, 0.05) is 17.1 Å². The lowest BCUT2D eigenvalue weighted by molar-refractivity contribution is 0.365. The fourth-order valence-electron chi connectivity index (χ4n) is 2.61. The van der Waals surface area contributed by atoms with Gasteiger partial charge in [-0.15, -0.1) is 0 Å². The topological polar surface area (TPSA) is 24.9 Å². The second-order valence-electron chi connectivity index (χ2n) is 6.45. The molecule has 0 saturated carbocycles. The molecule has 1 N–H and O–H groups in total. The Labute approximate surface area is 150 Å². The fourth-order valence-corrected chi connectivity index (χ4v) is 2.82. The van der Waals surface area contributed by atoms with E-state index in [1.54, 1.807) is 19.1 Å². The van der Waals surface area contributed by atoms with Crippen molar-refractivity contribution in [3.63, 3.8) is 0 Å². The van der Waals surface area contributed by atoms with Gasteiger partial charge in [0.2, 0.25) is 0 Å². The van der Waals surface area contributed by atoms with E-state index in [9.17, 15) is 4.39 Å². The zero-order chi connectivity index (χ0) is 18.5. The Morgan fingerprint density at radius 1 is 1.12 bits per heavy atom. The van der Waals surface area contributed by atoms with Crippen molar-refractivity contribution in [2.45, 2.75) is 60.0 Å². The van der Waals surface area contributed by atoms with Crippen LogP contribution in [0.25, 0.3) is 11.3 Å². The summed E-state index contributed by atoms with van der Waals surface area (Å²) < 4.78 is 13.4. The van der Waals surface area contributed by atoms with E-state index < -0.39 is 0 Å². The second-order valence-corrected chi connectivity index (χ2v) is 6.84. The molecule has 0 unspecified atom stereocenters. The van der Waals surface area contributed by atoms with E-state index in [1.807, 2.05) is 26.0 Å². The lowest BCUT2D eigenvalue weighted by atomic mass is 9.92. The molecule has 0 aliphatic heterocycles. The quantitative estimate of drug-likeness (QED) is 0.673. The van der Waals surface area contributed by atoms with Crippen molar-refractivity contribution in [1.82, 2.24) is 10.3 Å². The molecule has 0 aliphatic carbocycles. The molecular formula is C20H28ClFN2. The molecule has 2 rings (SSSR count). The molecule has 0 atom stereocenters.